The van der Waals surface area contributed by atoms with Crippen molar-refractivity contribution in [3.63, 3.8) is 0 Å². The zero-order chi connectivity index (χ0) is 13.8. The van der Waals surface area contributed by atoms with Gasteiger partial charge in [0.15, 0.2) is 0 Å². The van der Waals surface area contributed by atoms with Crippen LogP contribution in [0.15, 0.2) is 18.2 Å². The van der Waals surface area contributed by atoms with Gasteiger partial charge in [0.25, 0.3) is 5.91 Å². The summed E-state index contributed by atoms with van der Waals surface area (Å²) in [7, 11) is 0. The summed E-state index contributed by atoms with van der Waals surface area (Å²) in [4.78, 5) is 14.5. The zero-order valence-corrected chi connectivity index (χ0v) is 12.0. The molecular formula is C15H20ClNO2. The smallest absolute Gasteiger partial charge is 0.254 e. The fraction of sp³-hybridized carbons (Fsp3) is 0.533. The van der Waals surface area contributed by atoms with Crippen molar-refractivity contribution in [2.45, 2.75) is 38.6 Å². The summed E-state index contributed by atoms with van der Waals surface area (Å²) in [5.41, 5.74) is 1.63. The SMILES string of the molecule is Cc1cc(Cl)ccc1C(=O)N1CCCCC1CCO. The molecule has 0 bridgehead atoms. The average molecular weight is 282 g/mol. The van der Waals surface area contributed by atoms with E-state index in [2.05, 4.69) is 0 Å². The second kappa shape index (κ2) is 6.40. The highest BCUT2D eigenvalue weighted by molar-refractivity contribution is 6.30. The van der Waals surface area contributed by atoms with Crippen molar-refractivity contribution < 1.29 is 9.90 Å². The Hall–Kier alpha value is -1.06. The molecule has 0 radical (unpaired) electrons. The van der Waals surface area contributed by atoms with Crippen molar-refractivity contribution in [2.24, 2.45) is 0 Å². The molecule has 0 aliphatic carbocycles. The number of halogens is 1. The summed E-state index contributed by atoms with van der Waals surface area (Å²) >= 11 is 5.93. The third-order valence-electron chi connectivity index (χ3n) is 3.77. The molecule has 1 aromatic rings. The van der Waals surface area contributed by atoms with E-state index >= 15 is 0 Å². The van der Waals surface area contributed by atoms with Crippen LogP contribution in [0.4, 0.5) is 0 Å². The third-order valence-corrected chi connectivity index (χ3v) is 4.00. The van der Waals surface area contributed by atoms with Gasteiger partial charge in [0.2, 0.25) is 0 Å². The van der Waals surface area contributed by atoms with Gasteiger partial charge in [-0.1, -0.05) is 11.6 Å². The second-order valence-electron chi connectivity index (χ2n) is 5.12. The molecule has 1 heterocycles. The lowest BCUT2D eigenvalue weighted by Gasteiger charge is -2.36. The highest BCUT2D eigenvalue weighted by Crippen LogP contribution is 2.24. The summed E-state index contributed by atoms with van der Waals surface area (Å²) < 4.78 is 0. The molecule has 0 aromatic heterocycles. The minimum Gasteiger partial charge on any atom is -0.396 e. The Morgan fingerprint density at radius 1 is 1.47 bits per heavy atom. The van der Waals surface area contributed by atoms with E-state index in [0.717, 1.165) is 31.4 Å². The van der Waals surface area contributed by atoms with E-state index < -0.39 is 0 Å². The third kappa shape index (κ3) is 3.28. The number of rotatable bonds is 3. The van der Waals surface area contributed by atoms with Gasteiger partial charge in [-0.25, -0.2) is 0 Å². The molecule has 3 nitrogen and oxygen atoms in total. The van der Waals surface area contributed by atoms with Crippen molar-refractivity contribution in [3.05, 3.63) is 34.3 Å². The number of hydrogen-bond donors (Lipinski definition) is 1. The molecular weight excluding hydrogens is 262 g/mol. The number of amides is 1. The van der Waals surface area contributed by atoms with Crippen LogP contribution in [0.1, 0.15) is 41.6 Å². The number of nitrogens with zero attached hydrogens (tertiary/aromatic N) is 1. The van der Waals surface area contributed by atoms with Crippen LogP contribution in [-0.2, 0) is 0 Å². The number of aliphatic hydroxyl groups is 1. The van der Waals surface area contributed by atoms with Gasteiger partial charge < -0.3 is 10.0 Å². The molecule has 19 heavy (non-hydrogen) atoms. The minimum atomic E-state index is 0.0623. The normalized spacial score (nSPS) is 19.5. The largest absolute Gasteiger partial charge is 0.396 e. The molecule has 1 amide bonds. The van der Waals surface area contributed by atoms with Crippen LogP contribution in [-0.4, -0.2) is 35.1 Å². The maximum absolute atomic E-state index is 12.6. The van der Waals surface area contributed by atoms with Gasteiger partial charge in [0.1, 0.15) is 0 Å². The van der Waals surface area contributed by atoms with E-state index in [4.69, 9.17) is 16.7 Å². The van der Waals surface area contributed by atoms with Crippen LogP contribution in [0.3, 0.4) is 0 Å². The molecule has 104 valence electrons. The van der Waals surface area contributed by atoms with E-state index in [0.29, 0.717) is 17.0 Å². The lowest BCUT2D eigenvalue weighted by Crippen LogP contribution is -2.44. The van der Waals surface area contributed by atoms with Crippen LogP contribution in [0, 0.1) is 6.92 Å². The number of carbonyl (C=O) groups is 1. The van der Waals surface area contributed by atoms with Crippen molar-refractivity contribution in [3.8, 4) is 0 Å². The van der Waals surface area contributed by atoms with Gasteiger partial charge in [-0.05, 0) is 56.4 Å². The summed E-state index contributed by atoms with van der Waals surface area (Å²) in [5.74, 6) is 0.0623. The molecule has 1 unspecified atom stereocenters. The number of likely N-dealkylation sites (tertiary alicyclic amines) is 1. The Kier molecular flexibility index (Phi) is 4.83. The summed E-state index contributed by atoms with van der Waals surface area (Å²) in [6, 6.07) is 5.54. The van der Waals surface area contributed by atoms with Crippen molar-refractivity contribution in [1.29, 1.82) is 0 Å². The van der Waals surface area contributed by atoms with Crippen LogP contribution >= 0.6 is 11.6 Å². The van der Waals surface area contributed by atoms with Gasteiger partial charge in [0.05, 0.1) is 0 Å². The molecule has 1 aliphatic heterocycles. The molecule has 1 aromatic carbocycles. The molecule has 1 N–H and O–H groups in total. The first-order chi connectivity index (χ1) is 9.13. The zero-order valence-electron chi connectivity index (χ0n) is 11.2. The van der Waals surface area contributed by atoms with Gasteiger partial charge in [-0.3, -0.25) is 4.79 Å². The molecule has 1 fully saturated rings. The van der Waals surface area contributed by atoms with E-state index in [1.807, 2.05) is 17.9 Å². The maximum Gasteiger partial charge on any atom is 0.254 e. The predicted molar refractivity (Wildman–Crippen MR) is 76.6 cm³/mol. The number of benzene rings is 1. The monoisotopic (exact) mass is 281 g/mol. The van der Waals surface area contributed by atoms with Crippen LogP contribution in [0.2, 0.25) is 5.02 Å². The molecule has 0 spiro atoms. The van der Waals surface area contributed by atoms with Gasteiger partial charge in [-0.15, -0.1) is 0 Å². The first kappa shape index (κ1) is 14.4. The van der Waals surface area contributed by atoms with Crippen LogP contribution in [0.5, 0.6) is 0 Å². The van der Waals surface area contributed by atoms with E-state index in [-0.39, 0.29) is 18.6 Å². The van der Waals surface area contributed by atoms with Crippen LogP contribution < -0.4 is 0 Å². The van der Waals surface area contributed by atoms with Crippen molar-refractivity contribution in [2.75, 3.05) is 13.2 Å². The van der Waals surface area contributed by atoms with Crippen molar-refractivity contribution >= 4 is 17.5 Å². The summed E-state index contributed by atoms with van der Waals surface area (Å²) in [5, 5.41) is 9.78. The summed E-state index contributed by atoms with van der Waals surface area (Å²) in [6.45, 7) is 2.82. The topological polar surface area (TPSA) is 40.5 Å². The Morgan fingerprint density at radius 3 is 2.95 bits per heavy atom. The number of aliphatic hydroxyl groups excluding tert-OH is 1. The number of hydrogen-bond acceptors (Lipinski definition) is 2. The number of carbonyl (C=O) groups excluding carboxylic acids is 1. The Balaban J connectivity index is 2.21. The van der Waals surface area contributed by atoms with Gasteiger partial charge in [0, 0.05) is 29.8 Å². The molecule has 0 saturated carbocycles. The van der Waals surface area contributed by atoms with Crippen LogP contribution in [0.25, 0.3) is 0 Å². The highest BCUT2D eigenvalue weighted by atomic mass is 35.5. The maximum atomic E-state index is 12.6. The lowest BCUT2D eigenvalue weighted by atomic mass is 9.97. The predicted octanol–water partition coefficient (Wildman–Crippen LogP) is 3.03. The number of piperidine rings is 1. The average Bonchev–Trinajstić information content (AvgIpc) is 2.39. The fourth-order valence-electron chi connectivity index (χ4n) is 2.74. The number of aryl methyl sites for hydroxylation is 1. The molecule has 2 rings (SSSR count). The second-order valence-corrected chi connectivity index (χ2v) is 5.56. The first-order valence-electron chi connectivity index (χ1n) is 6.81. The van der Waals surface area contributed by atoms with Crippen molar-refractivity contribution in [1.82, 2.24) is 4.90 Å². The Bertz CT molecular complexity index is 459. The fourth-order valence-corrected chi connectivity index (χ4v) is 2.97. The lowest BCUT2D eigenvalue weighted by molar-refractivity contribution is 0.0574. The van der Waals surface area contributed by atoms with E-state index in [1.54, 1.807) is 12.1 Å². The molecule has 1 saturated heterocycles. The molecule has 4 heteroatoms. The van der Waals surface area contributed by atoms with E-state index in [1.165, 1.54) is 0 Å². The minimum absolute atomic E-state index is 0.0623. The highest BCUT2D eigenvalue weighted by Gasteiger charge is 2.27. The summed E-state index contributed by atoms with van der Waals surface area (Å²) in [6.07, 6.45) is 3.83. The van der Waals surface area contributed by atoms with Gasteiger partial charge in [-0.2, -0.15) is 0 Å². The molecule has 1 atom stereocenters. The molecule has 1 aliphatic rings. The van der Waals surface area contributed by atoms with Gasteiger partial charge >= 0.3 is 0 Å². The standard InChI is InChI=1S/C15H20ClNO2/c1-11-10-12(16)5-6-14(11)15(19)17-8-3-2-4-13(17)7-9-18/h5-6,10,13,18H,2-4,7-9H2,1H3. The Labute approximate surface area is 119 Å². The Morgan fingerprint density at radius 2 is 2.26 bits per heavy atom. The first-order valence-corrected chi connectivity index (χ1v) is 7.19. The quantitative estimate of drug-likeness (QED) is 0.925. The van der Waals surface area contributed by atoms with E-state index in [9.17, 15) is 4.79 Å².